The number of hydrogen-bond acceptors (Lipinski definition) is 3. The van der Waals surface area contributed by atoms with E-state index in [0.717, 1.165) is 5.56 Å². The molecule has 0 aliphatic heterocycles. The van der Waals surface area contributed by atoms with E-state index in [1.165, 1.54) is 13.8 Å². The molecular formula is C25H27Cl2F3N2O3. The summed E-state index contributed by atoms with van der Waals surface area (Å²) in [6.07, 6.45) is -4.80. The number of carbonyl (C=O) groups excluding carboxylic acids is 3. The Morgan fingerprint density at radius 3 is 2.06 bits per heavy atom. The van der Waals surface area contributed by atoms with Crippen LogP contribution in [0, 0.1) is 5.92 Å². The minimum Gasteiger partial charge on any atom is -0.344 e. The molecule has 0 aromatic heterocycles. The number of benzene rings is 2. The van der Waals surface area contributed by atoms with E-state index in [9.17, 15) is 27.6 Å². The van der Waals surface area contributed by atoms with Crippen LogP contribution in [0.2, 0.25) is 10.0 Å². The molecule has 0 fully saturated rings. The summed E-state index contributed by atoms with van der Waals surface area (Å²) < 4.78 is 39.2. The number of amides is 2. The largest absolute Gasteiger partial charge is 0.452 e. The minimum atomic E-state index is -5.11. The molecule has 5 nitrogen and oxygen atoms in total. The maximum atomic E-state index is 13.1. The van der Waals surface area contributed by atoms with Crippen LogP contribution in [0.4, 0.5) is 13.2 Å². The zero-order valence-corrected chi connectivity index (χ0v) is 21.0. The van der Waals surface area contributed by atoms with Crippen LogP contribution in [0.15, 0.2) is 48.5 Å². The Kier molecular flexibility index (Phi) is 10.2. The number of hydrogen-bond donors (Lipinski definition) is 2. The molecule has 10 heteroatoms. The summed E-state index contributed by atoms with van der Waals surface area (Å²) in [5.41, 5.74) is 1.45. The van der Waals surface area contributed by atoms with Crippen molar-refractivity contribution in [3.8, 4) is 0 Å². The van der Waals surface area contributed by atoms with Crippen LogP contribution in [0.25, 0.3) is 0 Å². The molecule has 0 radical (unpaired) electrons. The maximum Gasteiger partial charge on any atom is 0.452 e. The first-order valence-electron chi connectivity index (χ1n) is 11.0. The molecule has 2 amide bonds. The molecule has 0 heterocycles. The molecule has 0 saturated heterocycles. The third-order valence-electron chi connectivity index (χ3n) is 5.58. The van der Waals surface area contributed by atoms with Gasteiger partial charge in [-0.05, 0) is 35.6 Å². The summed E-state index contributed by atoms with van der Waals surface area (Å²) in [5, 5.41) is 5.56. The van der Waals surface area contributed by atoms with Crippen molar-refractivity contribution in [1.82, 2.24) is 10.6 Å². The van der Waals surface area contributed by atoms with Crippen LogP contribution in [0.3, 0.4) is 0 Å². The number of ketones is 1. The molecule has 0 saturated carbocycles. The van der Waals surface area contributed by atoms with E-state index in [1.54, 1.807) is 55.5 Å². The van der Waals surface area contributed by atoms with Gasteiger partial charge in [0.2, 0.25) is 11.8 Å². The first-order chi connectivity index (χ1) is 16.3. The van der Waals surface area contributed by atoms with E-state index in [2.05, 4.69) is 10.6 Å². The van der Waals surface area contributed by atoms with E-state index in [4.69, 9.17) is 23.2 Å². The number of alkyl halides is 3. The van der Waals surface area contributed by atoms with Crippen LogP contribution in [0.1, 0.15) is 44.2 Å². The summed E-state index contributed by atoms with van der Waals surface area (Å²) in [6.45, 7) is 4.48. The van der Waals surface area contributed by atoms with Gasteiger partial charge in [-0.2, -0.15) is 13.2 Å². The second kappa shape index (κ2) is 12.4. The predicted octanol–water partition coefficient (Wildman–Crippen LogP) is 5.49. The number of carbonyl (C=O) groups is 3. The lowest BCUT2D eigenvalue weighted by Crippen LogP contribution is -2.56. The van der Waals surface area contributed by atoms with Crippen LogP contribution in [-0.2, 0) is 20.8 Å². The SMILES string of the molecule is CC(C)C(NC(=O)C(NC(=O)CCc1ccc(Cl)c(Cl)c1)C(C)c1ccccc1)C(=O)C(F)(F)F. The topological polar surface area (TPSA) is 75.3 Å². The van der Waals surface area contributed by atoms with Crippen molar-refractivity contribution >= 4 is 40.8 Å². The fourth-order valence-corrected chi connectivity index (χ4v) is 3.84. The van der Waals surface area contributed by atoms with Crippen molar-refractivity contribution in [2.24, 2.45) is 5.92 Å². The molecule has 3 atom stereocenters. The summed E-state index contributed by atoms with van der Waals surface area (Å²) in [5.74, 6) is -4.80. The van der Waals surface area contributed by atoms with Gasteiger partial charge in [-0.25, -0.2) is 0 Å². The summed E-state index contributed by atoms with van der Waals surface area (Å²) in [6, 6.07) is 10.7. The highest BCUT2D eigenvalue weighted by atomic mass is 35.5. The van der Waals surface area contributed by atoms with Gasteiger partial charge in [-0.3, -0.25) is 14.4 Å². The number of nitrogens with one attached hydrogen (secondary N) is 2. The Bertz CT molecular complexity index is 1050. The van der Waals surface area contributed by atoms with E-state index in [0.29, 0.717) is 22.0 Å². The van der Waals surface area contributed by atoms with Gasteiger partial charge in [0.25, 0.3) is 5.78 Å². The van der Waals surface area contributed by atoms with Gasteiger partial charge >= 0.3 is 6.18 Å². The zero-order chi connectivity index (χ0) is 26.3. The molecule has 2 N–H and O–H groups in total. The quantitative estimate of drug-likeness (QED) is 0.426. The summed E-state index contributed by atoms with van der Waals surface area (Å²) in [4.78, 5) is 37.7. The van der Waals surface area contributed by atoms with Gasteiger partial charge < -0.3 is 10.6 Å². The molecule has 0 aliphatic carbocycles. The Labute approximate surface area is 212 Å². The first kappa shape index (κ1) is 28.7. The summed E-state index contributed by atoms with van der Waals surface area (Å²) in [7, 11) is 0. The lowest BCUT2D eigenvalue weighted by atomic mass is 9.91. The molecule has 0 spiro atoms. The van der Waals surface area contributed by atoms with E-state index < -0.39 is 47.7 Å². The molecule has 0 aliphatic rings. The van der Waals surface area contributed by atoms with Crippen molar-refractivity contribution < 1.29 is 27.6 Å². The fourth-order valence-electron chi connectivity index (χ4n) is 3.52. The number of rotatable bonds is 10. The lowest BCUT2D eigenvalue weighted by molar-refractivity contribution is -0.175. The average Bonchev–Trinajstić information content (AvgIpc) is 2.80. The standard InChI is InChI=1S/C25H27Cl2F3N2O3/c1-14(2)21(23(34)25(28,29)30)32-24(35)22(15(3)17-7-5-4-6-8-17)31-20(33)12-10-16-9-11-18(26)19(27)13-16/h4-9,11,13-15,21-22H,10,12H2,1-3H3,(H,31,33)(H,32,35). The number of Topliss-reactive ketones (excluding diaryl/α,β-unsaturated/α-hetero) is 1. The molecule has 3 unspecified atom stereocenters. The highest BCUT2D eigenvalue weighted by Crippen LogP contribution is 2.25. The number of aryl methyl sites for hydroxylation is 1. The van der Waals surface area contributed by atoms with Crippen LogP contribution >= 0.6 is 23.2 Å². The Morgan fingerprint density at radius 1 is 0.886 bits per heavy atom. The van der Waals surface area contributed by atoms with Crippen molar-refractivity contribution in [1.29, 1.82) is 0 Å². The third-order valence-corrected chi connectivity index (χ3v) is 6.31. The number of halogens is 5. The zero-order valence-electron chi connectivity index (χ0n) is 19.5. The second-order valence-electron chi connectivity index (χ2n) is 8.59. The fraction of sp³-hybridized carbons (Fsp3) is 0.400. The highest BCUT2D eigenvalue weighted by Gasteiger charge is 2.45. The molecule has 2 aromatic rings. The van der Waals surface area contributed by atoms with E-state index >= 15 is 0 Å². The normalized spacial score (nSPS) is 14.2. The minimum absolute atomic E-state index is 0.00165. The Hall–Kier alpha value is -2.58. The Morgan fingerprint density at radius 2 is 1.51 bits per heavy atom. The molecule has 190 valence electrons. The van der Waals surface area contributed by atoms with Crippen molar-refractivity contribution in [2.75, 3.05) is 0 Å². The smallest absolute Gasteiger partial charge is 0.344 e. The summed E-state index contributed by atoms with van der Waals surface area (Å²) >= 11 is 11.9. The van der Waals surface area contributed by atoms with Gasteiger partial charge in [-0.1, -0.05) is 80.4 Å². The lowest BCUT2D eigenvalue weighted by Gasteiger charge is -2.29. The molecule has 2 rings (SSSR count). The molecule has 2 aromatic carbocycles. The van der Waals surface area contributed by atoms with Crippen molar-refractivity contribution in [3.05, 3.63) is 69.7 Å². The predicted molar refractivity (Wildman–Crippen MR) is 129 cm³/mol. The monoisotopic (exact) mass is 530 g/mol. The van der Waals surface area contributed by atoms with Crippen LogP contribution in [-0.4, -0.2) is 35.9 Å². The van der Waals surface area contributed by atoms with E-state index in [1.807, 2.05) is 0 Å². The van der Waals surface area contributed by atoms with Gasteiger partial charge in [0.15, 0.2) is 0 Å². The van der Waals surface area contributed by atoms with Crippen LogP contribution < -0.4 is 10.6 Å². The third kappa shape index (κ3) is 8.25. The second-order valence-corrected chi connectivity index (χ2v) is 9.40. The van der Waals surface area contributed by atoms with Crippen molar-refractivity contribution in [2.45, 2.75) is 57.8 Å². The molecular weight excluding hydrogens is 504 g/mol. The van der Waals surface area contributed by atoms with Gasteiger partial charge in [0.05, 0.1) is 16.1 Å². The average molecular weight is 531 g/mol. The first-order valence-corrected chi connectivity index (χ1v) is 11.8. The van der Waals surface area contributed by atoms with Gasteiger partial charge in [0, 0.05) is 12.3 Å². The van der Waals surface area contributed by atoms with Gasteiger partial charge in [-0.15, -0.1) is 0 Å². The highest BCUT2D eigenvalue weighted by molar-refractivity contribution is 6.42. The Balaban J connectivity index is 2.22. The maximum absolute atomic E-state index is 13.1. The van der Waals surface area contributed by atoms with Crippen LogP contribution in [0.5, 0.6) is 0 Å². The molecule has 0 bridgehead atoms. The molecule has 35 heavy (non-hydrogen) atoms. The van der Waals surface area contributed by atoms with Crippen molar-refractivity contribution in [3.63, 3.8) is 0 Å². The van der Waals surface area contributed by atoms with Gasteiger partial charge in [0.1, 0.15) is 6.04 Å². The van der Waals surface area contributed by atoms with E-state index in [-0.39, 0.29) is 6.42 Å².